The summed E-state index contributed by atoms with van der Waals surface area (Å²) in [6.45, 7) is 8.13. The number of nitrogens with zero attached hydrogens (tertiary/aromatic N) is 4. The van der Waals surface area contributed by atoms with Crippen molar-refractivity contribution < 1.29 is 9.21 Å². The third-order valence-corrected chi connectivity index (χ3v) is 4.79. The lowest BCUT2D eigenvalue weighted by atomic mass is 10.1. The highest BCUT2D eigenvalue weighted by Crippen LogP contribution is 2.40. The van der Waals surface area contributed by atoms with Gasteiger partial charge in [0.1, 0.15) is 5.76 Å². The van der Waals surface area contributed by atoms with E-state index in [1.165, 1.54) is 0 Å². The molecule has 1 aliphatic rings. The van der Waals surface area contributed by atoms with E-state index in [-0.39, 0.29) is 18.5 Å². The van der Waals surface area contributed by atoms with Crippen LogP contribution in [0.5, 0.6) is 0 Å². The number of hydrogen-bond donors (Lipinski definition) is 1. The SMILES string of the molecule is Cc1nc(CNC(=O)c2cc(C3CC3)nc3c2cnn3C(C)C)oc1C. The molecule has 1 fully saturated rings. The van der Waals surface area contributed by atoms with E-state index in [0.717, 1.165) is 41.0 Å². The largest absolute Gasteiger partial charge is 0.444 e. The Hall–Kier alpha value is -2.70. The number of aromatic nitrogens is 4. The van der Waals surface area contributed by atoms with Crippen LogP contribution in [0.4, 0.5) is 0 Å². The van der Waals surface area contributed by atoms with Crippen molar-refractivity contribution in [2.75, 3.05) is 0 Å². The molecule has 0 saturated heterocycles. The minimum atomic E-state index is -0.156. The number of nitrogens with one attached hydrogen (secondary N) is 1. The van der Waals surface area contributed by atoms with Gasteiger partial charge in [-0.3, -0.25) is 4.79 Å². The number of rotatable bonds is 5. The molecule has 0 radical (unpaired) electrons. The zero-order valence-corrected chi connectivity index (χ0v) is 15.5. The molecule has 0 unspecified atom stereocenters. The van der Waals surface area contributed by atoms with Crippen molar-refractivity contribution in [3.8, 4) is 0 Å². The Morgan fingerprint density at radius 1 is 1.35 bits per heavy atom. The summed E-state index contributed by atoms with van der Waals surface area (Å²) in [5.41, 5.74) is 3.21. The van der Waals surface area contributed by atoms with E-state index in [4.69, 9.17) is 9.40 Å². The third kappa shape index (κ3) is 2.98. The van der Waals surface area contributed by atoms with Gasteiger partial charge in [-0.2, -0.15) is 5.10 Å². The van der Waals surface area contributed by atoms with Gasteiger partial charge in [0.25, 0.3) is 5.91 Å². The molecule has 4 rings (SSSR count). The molecule has 1 amide bonds. The number of amides is 1. The molecular weight excluding hydrogens is 330 g/mol. The number of fused-ring (bicyclic) bond motifs is 1. The number of hydrogen-bond acceptors (Lipinski definition) is 5. The first kappa shape index (κ1) is 16.8. The summed E-state index contributed by atoms with van der Waals surface area (Å²) in [5.74, 6) is 1.59. The van der Waals surface area contributed by atoms with Crippen LogP contribution in [0.25, 0.3) is 11.0 Å². The van der Waals surface area contributed by atoms with Gasteiger partial charge in [0.2, 0.25) is 5.89 Å². The van der Waals surface area contributed by atoms with Crippen LogP contribution >= 0.6 is 0 Å². The number of pyridine rings is 1. The summed E-state index contributed by atoms with van der Waals surface area (Å²) >= 11 is 0. The summed E-state index contributed by atoms with van der Waals surface area (Å²) in [6, 6.07) is 2.09. The summed E-state index contributed by atoms with van der Waals surface area (Å²) in [6.07, 6.45) is 3.99. The number of aryl methyl sites for hydroxylation is 2. The monoisotopic (exact) mass is 353 g/mol. The van der Waals surface area contributed by atoms with Crippen LogP contribution in [0.1, 0.15) is 72.0 Å². The summed E-state index contributed by atoms with van der Waals surface area (Å²) in [5, 5.41) is 8.13. The fourth-order valence-electron chi connectivity index (χ4n) is 3.06. The molecule has 1 saturated carbocycles. The predicted molar refractivity (Wildman–Crippen MR) is 97.0 cm³/mol. The van der Waals surface area contributed by atoms with E-state index in [0.29, 0.717) is 17.4 Å². The Balaban J connectivity index is 1.66. The van der Waals surface area contributed by atoms with Gasteiger partial charge < -0.3 is 9.73 Å². The number of carbonyl (C=O) groups is 1. The minimum Gasteiger partial charge on any atom is -0.444 e. The van der Waals surface area contributed by atoms with Crippen molar-refractivity contribution in [2.45, 2.75) is 59.0 Å². The predicted octanol–water partition coefficient (Wildman–Crippen LogP) is 3.42. The number of oxazole rings is 1. The zero-order valence-electron chi connectivity index (χ0n) is 15.5. The maximum atomic E-state index is 12.9. The second-order valence-corrected chi connectivity index (χ2v) is 7.22. The fraction of sp³-hybridized carbons (Fsp3) is 0.474. The molecule has 7 nitrogen and oxygen atoms in total. The normalized spacial score (nSPS) is 14.3. The van der Waals surface area contributed by atoms with Crippen LogP contribution in [0.2, 0.25) is 0 Å². The molecule has 3 aromatic rings. The molecule has 0 aromatic carbocycles. The van der Waals surface area contributed by atoms with E-state index in [2.05, 4.69) is 29.2 Å². The van der Waals surface area contributed by atoms with Gasteiger partial charge in [-0.1, -0.05) is 0 Å². The Morgan fingerprint density at radius 2 is 2.12 bits per heavy atom. The van der Waals surface area contributed by atoms with Gasteiger partial charge in [0.05, 0.1) is 29.4 Å². The molecule has 0 aliphatic heterocycles. The van der Waals surface area contributed by atoms with Crippen molar-refractivity contribution in [3.05, 3.63) is 40.9 Å². The first-order chi connectivity index (χ1) is 12.4. The van der Waals surface area contributed by atoms with E-state index in [1.54, 1.807) is 6.20 Å². The van der Waals surface area contributed by atoms with E-state index >= 15 is 0 Å². The van der Waals surface area contributed by atoms with Crippen LogP contribution in [0.3, 0.4) is 0 Å². The first-order valence-electron chi connectivity index (χ1n) is 9.03. The molecule has 7 heteroatoms. The molecule has 0 spiro atoms. The fourth-order valence-corrected chi connectivity index (χ4v) is 3.06. The second-order valence-electron chi connectivity index (χ2n) is 7.22. The van der Waals surface area contributed by atoms with Gasteiger partial charge in [0.15, 0.2) is 5.65 Å². The molecule has 1 N–H and O–H groups in total. The highest BCUT2D eigenvalue weighted by atomic mass is 16.4. The maximum Gasteiger partial charge on any atom is 0.252 e. The van der Waals surface area contributed by atoms with Crippen LogP contribution in [0, 0.1) is 13.8 Å². The number of carbonyl (C=O) groups excluding carboxylic acids is 1. The van der Waals surface area contributed by atoms with Gasteiger partial charge in [-0.25, -0.2) is 14.6 Å². The van der Waals surface area contributed by atoms with Gasteiger partial charge in [0, 0.05) is 17.7 Å². The standard InChI is InChI=1S/C19H23N5O2/c1-10(2)24-18-15(8-21-24)14(7-16(23-18)13-5-6-13)19(25)20-9-17-22-11(3)12(4)26-17/h7-8,10,13H,5-6,9H2,1-4H3,(H,20,25). The van der Waals surface area contributed by atoms with Crippen LogP contribution < -0.4 is 5.32 Å². The lowest BCUT2D eigenvalue weighted by molar-refractivity contribution is 0.0948. The van der Waals surface area contributed by atoms with Gasteiger partial charge in [-0.05, 0) is 46.6 Å². The van der Waals surface area contributed by atoms with Crippen LogP contribution in [0.15, 0.2) is 16.7 Å². The van der Waals surface area contributed by atoms with Crippen molar-refractivity contribution in [2.24, 2.45) is 0 Å². The minimum absolute atomic E-state index is 0.156. The van der Waals surface area contributed by atoms with Crippen molar-refractivity contribution >= 4 is 16.9 Å². The molecule has 0 atom stereocenters. The molecule has 3 heterocycles. The zero-order chi connectivity index (χ0) is 18.4. The van der Waals surface area contributed by atoms with Gasteiger partial charge >= 0.3 is 0 Å². The van der Waals surface area contributed by atoms with Crippen LogP contribution in [-0.2, 0) is 6.54 Å². The quantitative estimate of drug-likeness (QED) is 0.759. The summed E-state index contributed by atoms with van der Waals surface area (Å²) in [4.78, 5) is 21.9. The van der Waals surface area contributed by atoms with Crippen LogP contribution in [-0.4, -0.2) is 25.7 Å². The molecule has 136 valence electrons. The Bertz CT molecular complexity index is 962. The lowest BCUT2D eigenvalue weighted by Crippen LogP contribution is -2.23. The molecule has 26 heavy (non-hydrogen) atoms. The first-order valence-corrected chi connectivity index (χ1v) is 9.03. The summed E-state index contributed by atoms with van der Waals surface area (Å²) < 4.78 is 7.41. The lowest BCUT2D eigenvalue weighted by Gasteiger charge is -2.10. The molecule has 0 bridgehead atoms. The molecule has 3 aromatic heterocycles. The average molecular weight is 353 g/mol. The third-order valence-electron chi connectivity index (χ3n) is 4.79. The topological polar surface area (TPSA) is 85.8 Å². The van der Waals surface area contributed by atoms with Crippen molar-refractivity contribution in [1.29, 1.82) is 0 Å². The van der Waals surface area contributed by atoms with E-state index in [9.17, 15) is 4.79 Å². The molecule has 1 aliphatic carbocycles. The Kier molecular flexibility index (Phi) is 4.01. The van der Waals surface area contributed by atoms with Gasteiger partial charge in [-0.15, -0.1) is 0 Å². The highest BCUT2D eigenvalue weighted by Gasteiger charge is 2.28. The Labute approximate surface area is 151 Å². The average Bonchev–Trinajstić information content (AvgIpc) is 3.28. The highest BCUT2D eigenvalue weighted by molar-refractivity contribution is 6.05. The molecular formula is C19H23N5O2. The van der Waals surface area contributed by atoms with E-state index in [1.807, 2.05) is 24.6 Å². The second kappa shape index (κ2) is 6.23. The smallest absolute Gasteiger partial charge is 0.252 e. The Morgan fingerprint density at radius 3 is 2.73 bits per heavy atom. The van der Waals surface area contributed by atoms with Crippen molar-refractivity contribution in [1.82, 2.24) is 25.1 Å². The maximum absolute atomic E-state index is 12.9. The van der Waals surface area contributed by atoms with Crippen molar-refractivity contribution in [3.63, 3.8) is 0 Å². The summed E-state index contributed by atoms with van der Waals surface area (Å²) in [7, 11) is 0. The van der Waals surface area contributed by atoms with E-state index < -0.39 is 0 Å².